The van der Waals surface area contributed by atoms with Crippen molar-refractivity contribution in [2.24, 2.45) is 5.41 Å². The minimum Gasteiger partial charge on any atom is -0.391 e. The van der Waals surface area contributed by atoms with Gasteiger partial charge in [-0.05, 0) is 36.1 Å². The van der Waals surface area contributed by atoms with Gasteiger partial charge >= 0.3 is 6.09 Å². The molecule has 2 heterocycles. The zero-order valence-electron chi connectivity index (χ0n) is 16.4. The summed E-state index contributed by atoms with van der Waals surface area (Å²) in [5.41, 5.74) is 1.76. The van der Waals surface area contributed by atoms with Crippen LogP contribution in [0.1, 0.15) is 32.3 Å². The number of hydrogen-bond donors (Lipinski definition) is 0. The van der Waals surface area contributed by atoms with Crippen LogP contribution in [0.25, 0.3) is 0 Å². The van der Waals surface area contributed by atoms with E-state index < -0.39 is 6.09 Å². The van der Waals surface area contributed by atoms with E-state index in [1.54, 1.807) is 19.2 Å². The Hall–Kier alpha value is -3.22. The second kappa shape index (κ2) is 7.42. The molecule has 3 amide bonds. The molecule has 0 saturated carbocycles. The normalized spacial score (nSPS) is 16.1. The van der Waals surface area contributed by atoms with E-state index in [1.807, 2.05) is 39.0 Å². The van der Waals surface area contributed by atoms with Crippen molar-refractivity contribution in [2.45, 2.75) is 33.6 Å². The fraction of sp³-hybridized carbons (Fsp3) is 0.333. The average molecular weight is 381 g/mol. The highest BCUT2D eigenvalue weighted by Crippen LogP contribution is 2.34. The van der Waals surface area contributed by atoms with Crippen LogP contribution in [-0.2, 0) is 9.59 Å². The van der Waals surface area contributed by atoms with Crippen molar-refractivity contribution in [1.29, 1.82) is 0 Å². The van der Waals surface area contributed by atoms with E-state index in [9.17, 15) is 14.4 Å². The van der Waals surface area contributed by atoms with Crippen molar-refractivity contribution in [1.82, 2.24) is 4.98 Å². The summed E-state index contributed by atoms with van der Waals surface area (Å²) in [6.07, 6.45) is 1.36. The van der Waals surface area contributed by atoms with Crippen LogP contribution in [0.5, 0.6) is 5.88 Å². The molecule has 2 aromatic rings. The molecular weight excluding hydrogens is 358 g/mol. The Morgan fingerprint density at radius 1 is 1.14 bits per heavy atom. The number of benzene rings is 1. The van der Waals surface area contributed by atoms with Gasteiger partial charge in [0.15, 0.2) is 0 Å². The number of rotatable bonds is 3. The molecule has 1 aromatic carbocycles. The van der Waals surface area contributed by atoms with Gasteiger partial charge in [-0.2, -0.15) is 0 Å². The lowest BCUT2D eigenvalue weighted by atomic mass is 9.81. The number of piperidine rings is 1. The van der Waals surface area contributed by atoms with E-state index in [2.05, 4.69) is 4.98 Å². The van der Waals surface area contributed by atoms with Gasteiger partial charge in [-0.1, -0.05) is 26.0 Å². The molecule has 1 fully saturated rings. The zero-order valence-corrected chi connectivity index (χ0v) is 16.4. The quantitative estimate of drug-likeness (QED) is 0.758. The van der Waals surface area contributed by atoms with Gasteiger partial charge in [-0.25, -0.2) is 14.7 Å². The topological polar surface area (TPSA) is 79.8 Å². The first kappa shape index (κ1) is 19.5. The number of carbonyl (C=O) groups excluding carboxylic acids is 3. The molecule has 0 atom stereocenters. The fourth-order valence-corrected chi connectivity index (χ4v) is 3.13. The number of aryl methyl sites for hydroxylation is 1. The Labute approximate surface area is 163 Å². The minimum absolute atomic E-state index is 0.0884. The van der Waals surface area contributed by atoms with E-state index in [4.69, 9.17) is 4.74 Å². The number of nitrogens with zero attached hydrogens (tertiary/aromatic N) is 3. The van der Waals surface area contributed by atoms with Crippen LogP contribution in [-0.4, -0.2) is 29.9 Å². The predicted molar refractivity (Wildman–Crippen MR) is 105 cm³/mol. The van der Waals surface area contributed by atoms with Gasteiger partial charge < -0.3 is 4.74 Å². The zero-order chi connectivity index (χ0) is 20.5. The van der Waals surface area contributed by atoms with E-state index in [0.29, 0.717) is 11.4 Å². The highest BCUT2D eigenvalue weighted by atomic mass is 16.6. The second-order valence-corrected chi connectivity index (χ2v) is 7.76. The molecule has 0 aliphatic carbocycles. The molecule has 28 heavy (non-hydrogen) atoms. The molecule has 1 aliphatic heterocycles. The number of carbonyl (C=O) groups is 3. The maximum atomic E-state index is 12.3. The van der Waals surface area contributed by atoms with Crippen molar-refractivity contribution in [2.75, 3.05) is 16.8 Å². The molecular formula is C21H23N3O4. The molecule has 0 bridgehead atoms. The van der Waals surface area contributed by atoms with Crippen molar-refractivity contribution in [3.63, 3.8) is 0 Å². The highest BCUT2D eigenvalue weighted by molar-refractivity contribution is 6.16. The maximum absolute atomic E-state index is 12.3. The SMILES string of the molecule is Cc1cccc(N(C)C(=O)Oc2ccc(N3C(=O)CC(C)(C)CC3=O)cn2)c1. The maximum Gasteiger partial charge on any atom is 0.420 e. The first-order valence-corrected chi connectivity index (χ1v) is 9.00. The monoisotopic (exact) mass is 381 g/mol. The van der Waals surface area contributed by atoms with Crippen LogP contribution in [0.15, 0.2) is 42.6 Å². The van der Waals surface area contributed by atoms with Crippen LogP contribution in [0.4, 0.5) is 16.2 Å². The van der Waals surface area contributed by atoms with Gasteiger partial charge in [0, 0.05) is 31.6 Å². The van der Waals surface area contributed by atoms with E-state index in [-0.39, 0.29) is 36.0 Å². The van der Waals surface area contributed by atoms with Crippen molar-refractivity contribution in [3.05, 3.63) is 48.2 Å². The summed E-state index contributed by atoms with van der Waals surface area (Å²) in [5.74, 6) is -0.426. The van der Waals surface area contributed by atoms with Crippen molar-refractivity contribution >= 4 is 29.3 Å². The van der Waals surface area contributed by atoms with Crippen LogP contribution in [0.2, 0.25) is 0 Å². The van der Waals surface area contributed by atoms with Crippen LogP contribution >= 0.6 is 0 Å². The van der Waals surface area contributed by atoms with Gasteiger partial charge in [0.2, 0.25) is 17.7 Å². The molecule has 1 aromatic heterocycles. The Bertz CT molecular complexity index is 902. The Balaban J connectivity index is 1.70. The standard InChI is InChI=1S/C21H23N3O4/c1-14-6-5-7-15(10-14)23(4)20(27)28-17-9-8-16(13-22-17)24-18(25)11-21(2,3)12-19(24)26/h5-10,13H,11-12H2,1-4H3. The van der Waals surface area contributed by atoms with Gasteiger partial charge in [0.05, 0.1) is 11.9 Å². The summed E-state index contributed by atoms with van der Waals surface area (Å²) in [4.78, 5) is 43.6. The summed E-state index contributed by atoms with van der Waals surface area (Å²) >= 11 is 0. The predicted octanol–water partition coefficient (Wildman–Crippen LogP) is 3.70. The van der Waals surface area contributed by atoms with E-state index >= 15 is 0 Å². The smallest absolute Gasteiger partial charge is 0.391 e. The number of anilines is 2. The molecule has 3 rings (SSSR count). The molecule has 7 heteroatoms. The Kier molecular flexibility index (Phi) is 5.18. The lowest BCUT2D eigenvalue weighted by Gasteiger charge is -2.34. The molecule has 0 N–H and O–H groups in total. The molecule has 0 spiro atoms. The van der Waals surface area contributed by atoms with Crippen LogP contribution in [0.3, 0.4) is 0 Å². The van der Waals surface area contributed by atoms with Crippen LogP contribution in [0, 0.1) is 12.3 Å². The number of hydrogen-bond acceptors (Lipinski definition) is 5. The number of imide groups is 1. The van der Waals surface area contributed by atoms with Gasteiger partial charge in [-0.15, -0.1) is 0 Å². The third-order valence-corrected chi connectivity index (χ3v) is 4.59. The molecule has 0 radical (unpaired) electrons. The third kappa shape index (κ3) is 4.19. The average Bonchev–Trinajstić information content (AvgIpc) is 2.60. The Morgan fingerprint density at radius 2 is 1.82 bits per heavy atom. The Morgan fingerprint density at radius 3 is 2.39 bits per heavy atom. The van der Waals surface area contributed by atoms with Crippen molar-refractivity contribution in [3.8, 4) is 5.88 Å². The van der Waals surface area contributed by atoms with E-state index in [0.717, 1.165) is 10.5 Å². The lowest BCUT2D eigenvalue weighted by Crippen LogP contribution is -2.46. The largest absolute Gasteiger partial charge is 0.420 e. The second-order valence-electron chi connectivity index (χ2n) is 7.76. The number of pyridine rings is 1. The van der Waals surface area contributed by atoms with Crippen molar-refractivity contribution < 1.29 is 19.1 Å². The van der Waals surface area contributed by atoms with Gasteiger partial charge in [0.1, 0.15) is 0 Å². The minimum atomic E-state index is -0.585. The van der Waals surface area contributed by atoms with Crippen LogP contribution < -0.4 is 14.5 Å². The summed E-state index contributed by atoms with van der Waals surface area (Å²) < 4.78 is 5.29. The van der Waals surface area contributed by atoms with Gasteiger partial charge in [0.25, 0.3) is 0 Å². The molecule has 0 unspecified atom stereocenters. The molecule has 146 valence electrons. The summed E-state index contributed by atoms with van der Waals surface area (Å²) in [7, 11) is 1.61. The number of amides is 3. The summed E-state index contributed by atoms with van der Waals surface area (Å²) in [6.45, 7) is 5.73. The third-order valence-electron chi connectivity index (χ3n) is 4.59. The summed E-state index contributed by atoms with van der Waals surface area (Å²) in [5, 5.41) is 0. The number of ether oxygens (including phenoxy) is 1. The fourth-order valence-electron chi connectivity index (χ4n) is 3.13. The summed E-state index contributed by atoms with van der Waals surface area (Å²) in [6, 6.07) is 10.5. The first-order valence-electron chi connectivity index (χ1n) is 9.00. The van der Waals surface area contributed by atoms with Gasteiger partial charge in [-0.3, -0.25) is 14.5 Å². The first-order chi connectivity index (χ1) is 13.2. The number of aromatic nitrogens is 1. The van der Waals surface area contributed by atoms with E-state index in [1.165, 1.54) is 17.2 Å². The highest BCUT2D eigenvalue weighted by Gasteiger charge is 2.38. The molecule has 1 saturated heterocycles. The molecule has 7 nitrogen and oxygen atoms in total. The molecule has 1 aliphatic rings. The lowest BCUT2D eigenvalue weighted by molar-refractivity contribution is -0.132.